The van der Waals surface area contributed by atoms with Crippen molar-refractivity contribution in [3.63, 3.8) is 0 Å². The predicted octanol–water partition coefficient (Wildman–Crippen LogP) is 4.89. The number of ketones is 1. The Morgan fingerprint density at radius 2 is 1.56 bits per heavy atom. The number of amides is 1. The number of aryl methyl sites for hydroxylation is 1. The summed E-state index contributed by atoms with van der Waals surface area (Å²) in [6.45, 7) is -0.241. The van der Waals surface area contributed by atoms with Crippen LogP contribution in [0.15, 0.2) is 84.9 Å². The first kappa shape index (κ1) is 36.6. The van der Waals surface area contributed by atoms with E-state index in [1.807, 2.05) is 84.9 Å². The van der Waals surface area contributed by atoms with Gasteiger partial charge in [-0.05, 0) is 35.1 Å². The molecule has 12 heteroatoms. The van der Waals surface area contributed by atoms with E-state index in [2.05, 4.69) is 10.6 Å². The van der Waals surface area contributed by atoms with Crippen LogP contribution in [-0.4, -0.2) is 80.3 Å². The van der Waals surface area contributed by atoms with Gasteiger partial charge in [0, 0.05) is 18.9 Å². The summed E-state index contributed by atoms with van der Waals surface area (Å²) in [7, 11) is 1.25. The first-order chi connectivity index (χ1) is 23.1. The topological polar surface area (TPSA) is 123 Å². The first-order valence-electron chi connectivity index (χ1n) is 15.8. The number of hydrogen-bond acceptors (Lipinski definition) is 8. The number of carbonyl (C=O) groups excluding carboxylic acids is 3. The van der Waals surface area contributed by atoms with Crippen LogP contribution >= 0.6 is 0 Å². The van der Waals surface area contributed by atoms with E-state index in [0.717, 1.165) is 22.3 Å². The van der Waals surface area contributed by atoms with E-state index in [4.69, 9.17) is 14.2 Å². The number of aliphatic hydroxyl groups excluding tert-OH is 1. The van der Waals surface area contributed by atoms with Crippen molar-refractivity contribution in [3.05, 3.63) is 107 Å². The molecule has 3 aromatic carbocycles. The molecule has 0 aromatic heterocycles. The zero-order valence-corrected chi connectivity index (χ0v) is 26.7. The van der Waals surface area contributed by atoms with Crippen molar-refractivity contribution < 1.29 is 46.9 Å². The first-order valence-corrected chi connectivity index (χ1v) is 15.8. The number of nitrogens with one attached hydrogen (secondary N) is 2. The molecule has 0 spiro atoms. The van der Waals surface area contributed by atoms with Gasteiger partial charge in [0.25, 0.3) is 0 Å². The molecule has 258 valence electrons. The molecule has 9 nitrogen and oxygen atoms in total. The van der Waals surface area contributed by atoms with Crippen molar-refractivity contribution >= 4 is 17.8 Å². The molecule has 1 heterocycles. The number of alkyl halides is 3. The minimum absolute atomic E-state index is 0.0474. The minimum Gasteiger partial charge on any atom is -0.464 e. The highest BCUT2D eigenvalue weighted by molar-refractivity contribution is 5.91. The van der Waals surface area contributed by atoms with Gasteiger partial charge in [-0.3, -0.25) is 9.59 Å². The van der Waals surface area contributed by atoms with E-state index in [0.29, 0.717) is 19.4 Å². The number of esters is 1. The molecule has 48 heavy (non-hydrogen) atoms. The molecular formula is C36H41F3N2O7. The van der Waals surface area contributed by atoms with E-state index in [9.17, 15) is 32.7 Å². The van der Waals surface area contributed by atoms with Gasteiger partial charge in [0.2, 0.25) is 0 Å². The Labute approximate surface area is 277 Å². The second kappa shape index (κ2) is 17.8. The largest absolute Gasteiger partial charge is 0.464 e. The number of aliphatic hydroxyl groups is 1. The van der Waals surface area contributed by atoms with E-state index in [-0.39, 0.29) is 31.5 Å². The van der Waals surface area contributed by atoms with Crippen molar-refractivity contribution in [3.8, 4) is 0 Å². The lowest BCUT2D eigenvalue weighted by molar-refractivity contribution is -0.160. The average Bonchev–Trinajstić information content (AvgIpc) is 3.09. The monoisotopic (exact) mass is 670 g/mol. The zero-order chi connectivity index (χ0) is 34.5. The van der Waals surface area contributed by atoms with E-state index in [1.165, 1.54) is 7.11 Å². The van der Waals surface area contributed by atoms with Crippen molar-refractivity contribution in [1.29, 1.82) is 0 Å². The number of benzene rings is 3. The van der Waals surface area contributed by atoms with E-state index in [1.54, 1.807) is 0 Å². The third-order valence-corrected chi connectivity index (χ3v) is 8.32. The summed E-state index contributed by atoms with van der Waals surface area (Å²) in [6.07, 6.45) is -7.13. The Hall–Kier alpha value is -4.26. The van der Waals surface area contributed by atoms with Crippen LogP contribution in [0.2, 0.25) is 0 Å². The van der Waals surface area contributed by atoms with Crippen molar-refractivity contribution in [2.24, 2.45) is 0 Å². The molecule has 4 rings (SSSR count). The van der Waals surface area contributed by atoms with Gasteiger partial charge in [-0.15, -0.1) is 0 Å². The molecule has 0 aliphatic carbocycles. The normalized spacial score (nSPS) is 18.6. The van der Waals surface area contributed by atoms with Gasteiger partial charge in [-0.1, -0.05) is 84.9 Å². The molecule has 1 aliphatic rings. The lowest BCUT2D eigenvalue weighted by Crippen LogP contribution is -2.56. The van der Waals surface area contributed by atoms with Crippen molar-refractivity contribution in [2.45, 2.75) is 68.5 Å². The van der Waals surface area contributed by atoms with Crippen LogP contribution in [0.3, 0.4) is 0 Å². The van der Waals surface area contributed by atoms with E-state index < -0.39 is 55.2 Å². The van der Waals surface area contributed by atoms with Crippen LogP contribution in [0.1, 0.15) is 47.4 Å². The number of carbonyl (C=O) groups is 3. The molecular weight excluding hydrogens is 629 g/mol. The molecule has 3 aromatic rings. The maximum absolute atomic E-state index is 14.1. The molecule has 0 saturated carbocycles. The Bertz CT molecular complexity index is 1430. The molecule has 0 radical (unpaired) electrons. The van der Waals surface area contributed by atoms with Crippen LogP contribution in [-0.2, 0) is 36.6 Å². The second-order valence-electron chi connectivity index (χ2n) is 11.7. The van der Waals surface area contributed by atoms with Gasteiger partial charge >= 0.3 is 18.2 Å². The molecule has 3 N–H and O–H groups in total. The molecule has 1 amide bonds. The fourth-order valence-corrected chi connectivity index (χ4v) is 5.83. The second-order valence-corrected chi connectivity index (χ2v) is 11.7. The number of Topliss-reactive ketones (excluding diaryl/α,β-unsaturated/α-hetero) is 1. The minimum atomic E-state index is -4.45. The van der Waals surface area contributed by atoms with Gasteiger partial charge < -0.3 is 30.0 Å². The summed E-state index contributed by atoms with van der Waals surface area (Å²) in [5, 5.41) is 15.9. The quantitative estimate of drug-likeness (QED) is 0.196. The fourth-order valence-electron chi connectivity index (χ4n) is 5.83. The smallest absolute Gasteiger partial charge is 0.407 e. The average molecular weight is 671 g/mol. The number of morpholine rings is 1. The van der Waals surface area contributed by atoms with Crippen LogP contribution in [0.4, 0.5) is 18.0 Å². The highest BCUT2D eigenvalue weighted by atomic mass is 19.4. The Morgan fingerprint density at radius 1 is 0.958 bits per heavy atom. The lowest BCUT2D eigenvalue weighted by atomic mass is 9.81. The van der Waals surface area contributed by atoms with Crippen LogP contribution in [0.25, 0.3) is 0 Å². The molecule has 1 saturated heterocycles. The van der Waals surface area contributed by atoms with Gasteiger partial charge in [0.1, 0.15) is 12.6 Å². The summed E-state index contributed by atoms with van der Waals surface area (Å²) in [6, 6.07) is 25.0. The number of hydrogen-bond donors (Lipinski definition) is 3. The number of methoxy groups -OCH3 is 1. The lowest BCUT2D eigenvalue weighted by Gasteiger charge is -2.36. The number of halogens is 3. The molecule has 1 fully saturated rings. The van der Waals surface area contributed by atoms with Gasteiger partial charge in [0.05, 0.1) is 44.8 Å². The standard InChI is InChI=1S/C36H41F3N2O7/c1-46-35(45)41-34(33(25-11-4-2-5-12-25)26-13-6-3-7-14-26)30(43)20-27-15-9-8-10-24(27)16-17-28-21-40-29(31(22-42)48-28)23-47-32(44)18-19-36(37,38)39/h2-15,28-29,31,33-34,40,42H,16-23H2,1H3,(H,41,45)/t28-,29-,31-,34-/m1/s1. The van der Waals surface area contributed by atoms with Crippen LogP contribution in [0.5, 0.6) is 0 Å². The Morgan fingerprint density at radius 3 is 2.15 bits per heavy atom. The summed E-state index contributed by atoms with van der Waals surface area (Å²) in [5.74, 6) is -1.64. The third kappa shape index (κ3) is 10.9. The maximum Gasteiger partial charge on any atom is 0.407 e. The number of ether oxygens (including phenoxy) is 3. The fraction of sp³-hybridized carbons (Fsp3) is 0.417. The van der Waals surface area contributed by atoms with Gasteiger partial charge in [-0.25, -0.2) is 4.79 Å². The summed E-state index contributed by atoms with van der Waals surface area (Å²) < 4.78 is 53.1. The highest BCUT2D eigenvalue weighted by Gasteiger charge is 2.34. The van der Waals surface area contributed by atoms with Crippen LogP contribution in [0, 0.1) is 0 Å². The zero-order valence-electron chi connectivity index (χ0n) is 26.7. The van der Waals surface area contributed by atoms with Gasteiger partial charge in [0.15, 0.2) is 5.78 Å². The number of alkyl carbamates (subject to hydrolysis) is 1. The van der Waals surface area contributed by atoms with E-state index >= 15 is 0 Å². The molecule has 1 aliphatic heterocycles. The molecule has 0 bridgehead atoms. The van der Waals surface area contributed by atoms with Crippen molar-refractivity contribution in [1.82, 2.24) is 10.6 Å². The molecule has 4 atom stereocenters. The van der Waals surface area contributed by atoms with Gasteiger partial charge in [-0.2, -0.15) is 13.2 Å². The Kier molecular flexibility index (Phi) is 13.5. The number of rotatable bonds is 15. The van der Waals surface area contributed by atoms with Crippen molar-refractivity contribution in [2.75, 3.05) is 26.9 Å². The predicted molar refractivity (Wildman–Crippen MR) is 171 cm³/mol. The Balaban J connectivity index is 1.42. The maximum atomic E-state index is 14.1. The summed E-state index contributed by atoms with van der Waals surface area (Å²) in [4.78, 5) is 38.4. The SMILES string of the molecule is COC(=O)N[C@H](C(=O)Cc1ccccc1CC[C@@H]1CN[C@H](COC(=O)CCC(F)(F)F)[C@@H](CO)O1)C(c1ccccc1)c1ccccc1. The highest BCUT2D eigenvalue weighted by Crippen LogP contribution is 2.30. The third-order valence-electron chi connectivity index (χ3n) is 8.32. The molecule has 0 unspecified atom stereocenters. The van der Waals surface area contributed by atoms with Crippen LogP contribution < -0.4 is 10.6 Å². The summed E-state index contributed by atoms with van der Waals surface area (Å²) >= 11 is 0. The summed E-state index contributed by atoms with van der Waals surface area (Å²) in [5.41, 5.74) is 3.44.